The number of aryl methyl sites for hydroxylation is 1. The second-order valence-corrected chi connectivity index (χ2v) is 4.55. The van der Waals surface area contributed by atoms with Gasteiger partial charge in [-0.05, 0) is 6.92 Å². The minimum Gasteiger partial charge on any atom is -0.371 e. The minimum atomic E-state index is -4.28. The fraction of sp³-hybridized carbons (Fsp3) is 0.778. The Morgan fingerprint density at radius 2 is 2.11 bits per heavy atom. The summed E-state index contributed by atoms with van der Waals surface area (Å²) < 4.78 is 41.7. The van der Waals surface area contributed by atoms with Crippen molar-refractivity contribution in [2.24, 2.45) is 5.73 Å². The van der Waals surface area contributed by atoms with E-state index in [0.29, 0.717) is 24.0 Å². The molecule has 0 unspecified atom stereocenters. The third-order valence-corrected chi connectivity index (χ3v) is 2.91. The van der Waals surface area contributed by atoms with Gasteiger partial charge in [0.15, 0.2) is 5.16 Å². The Bertz CT molecular complexity index is 369. The lowest BCUT2D eigenvalue weighted by molar-refractivity contribution is -0.172. The highest BCUT2D eigenvalue weighted by atomic mass is 32.2. The molecule has 0 radical (unpaired) electrons. The molecule has 0 aliphatic heterocycles. The van der Waals surface area contributed by atoms with Crippen molar-refractivity contribution in [3.63, 3.8) is 0 Å². The van der Waals surface area contributed by atoms with Gasteiger partial charge in [0, 0.05) is 18.8 Å². The van der Waals surface area contributed by atoms with E-state index in [2.05, 4.69) is 14.9 Å². The van der Waals surface area contributed by atoms with Crippen molar-refractivity contribution in [2.75, 3.05) is 25.5 Å². The Morgan fingerprint density at radius 3 is 2.72 bits per heavy atom. The van der Waals surface area contributed by atoms with Gasteiger partial charge in [0.2, 0.25) is 0 Å². The molecule has 1 aromatic rings. The van der Waals surface area contributed by atoms with Gasteiger partial charge < -0.3 is 15.0 Å². The lowest BCUT2D eigenvalue weighted by Gasteiger charge is -2.08. The van der Waals surface area contributed by atoms with Crippen LogP contribution in [0.5, 0.6) is 0 Å². The van der Waals surface area contributed by atoms with Crippen LogP contribution in [0.4, 0.5) is 13.2 Å². The molecule has 1 aromatic heterocycles. The molecule has 104 valence electrons. The smallest absolute Gasteiger partial charge is 0.371 e. The zero-order valence-electron chi connectivity index (χ0n) is 9.90. The summed E-state index contributed by atoms with van der Waals surface area (Å²) in [5.41, 5.74) is 5.45. The molecule has 0 bridgehead atoms. The van der Waals surface area contributed by atoms with E-state index in [9.17, 15) is 13.2 Å². The highest BCUT2D eigenvalue weighted by Crippen LogP contribution is 2.18. The summed E-state index contributed by atoms with van der Waals surface area (Å²) in [6.07, 6.45) is -4.28. The zero-order valence-corrected chi connectivity index (χ0v) is 10.7. The Balaban J connectivity index is 2.31. The molecule has 0 saturated heterocycles. The van der Waals surface area contributed by atoms with Crippen LogP contribution in [0.2, 0.25) is 0 Å². The molecule has 0 atom stereocenters. The van der Waals surface area contributed by atoms with Crippen LogP contribution in [0.1, 0.15) is 5.82 Å². The lowest BCUT2D eigenvalue weighted by Crippen LogP contribution is -2.18. The van der Waals surface area contributed by atoms with Gasteiger partial charge in [-0.15, -0.1) is 10.2 Å². The number of nitrogens with two attached hydrogens (primary N) is 1. The number of hydrogen-bond acceptors (Lipinski definition) is 5. The van der Waals surface area contributed by atoms with Gasteiger partial charge in [-0.1, -0.05) is 11.8 Å². The number of nitrogens with zero attached hydrogens (tertiary/aromatic N) is 3. The minimum absolute atomic E-state index is 0.0126. The van der Waals surface area contributed by atoms with E-state index >= 15 is 0 Å². The molecule has 2 N–H and O–H groups in total. The predicted molar refractivity (Wildman–Crippen MR) is 61.4 cm³/mol. The molecule has 18 heavy (non-hydrogen) atoms. The van der Waals surface area contributed by atoms with Crippen molar-refractivity contribution in [2.45, 2.75) is 24.8 Å². The normalized spacial score (nSPS) is 12.1. The van der Waals surface area contributed by atoms with Gasteiger partial charge in [0.1, 0.15) is 12.4 Å². The van der Waals surface area contributed by atoms with E-state index in [4.69, 9.17) is 5.73 Å². The van der Waals surface area contributed by atoms with Crippen LogP contribution in [0.3, 0.4) is 0 Å². The van der Waals surface area contributed by atoms with Gasteiger partial charge in [-0.3, -0.25) is 0 Å². The van der Waals surface area contributed by atoms with Crippen molar-refractivity contribution in [3.8, 4) is 0 Å². The first-order valence-electron chi connectivity index (χ1n) is 5.31. The Labute approximate surface area is 107 Å². The van der Waals surface area contributed by atoms with E-state index in [1.807, 2.05) is 4.57 Å². The summed E-state index contributed by atoms with van der Waals surface area (Å²) in [6.45, 7) is 1.63. The molecule has 0 amide bonds. The van der Waals surface area contributed by atoms with Gasteiger partial charge in [-0.25, -0.2) is 0 Å². The second-order valence-electron chi connectivity index (χ2n) is 3.49. The van der Waals surface area contributed by atoms with Crippen molar-refractivity contribution < 1.29 is 17.9 Å². The van der Waals surface area contributed by atoms with E-state index in [-0.39, 0.29) is 6.61 Å². The van der Waals surface area contributed by atoms with E-state index in [1.165, 1.54) is 11.8 Å². The molecule has 0 spiro atoms. The van der Waals surface area contributed by atoms with Crippen molar-refractivity contribution in [3.05, 3.63) is 5.82 Å². The predicted octanol–water partition coefficient (Wildman–Crippen LogP) is 1.22. The molecule has 9 heteroatoms. The lowest BCUT2D eigenvalue weighted by atomic mass is 10.6. The van der Waals surface area contributed by atoms with Crippen LogP contribution in [0, 0.1) is 6.92 Å². The standard InChI is InChI=1S/C9H15F3N4OS/c1-7-14-15-8(16(7)3-2-13)18-5-4-17-6-9(10,11)12/h2-6,13H2,1H3. The summed E-state index contributed by atoms with van der Waals surface area (Å²) in [5, 5.41) is 8.46. The Kier molecular flexibility index (Phi) is 5.89. The van der Waals surface area contributed by atoms with Crippen molar-refractivity contribution >= 4 is 11.8 Å². The molecular weight excluding hydrogens is 269 g/mol. The molecule has 0 aromatic carbocycles. The zero-order chi connectivity index (χ0) is 13.6. The molecule has 0 fully saturated rings. The van der Waals surface area contributed by atoms with E-state index < -0.39 is 12.8 Å². The van der Waals surface area contributed by atoms with Crippen molar-refractivity contribution in [1.82, 2.24) is 14.8 Å². The van der Waals surface area contributed by atoms with Crippen LogP contribution < -0.4 is 5.73 Å². The van der Waals surface area contributed by atoms with E-state index in [0.717, 1.165) is 5.82 Å². The van der Waals surface area contributed by atoms with Gasteiger partial charge in [-0.2, -0.15) is 13.2 Å². The molecule has 1 rings (SSSR count). The topological polar surface area (TPSA) is 66.0 Å². The second kappa shape index (κ2) is 6.95. The van der Waals surface area contributed by atoms with Crippen LogP contribution in [-0.4, -0.2) is 46.5 Å². The van der Waals surface area contributed by atoms with Crippen LogP contribution >= 0.6 is 11.8 Å². The first-order valence-corrected chi connectivity index (χ1v) is 6.30. The molecule has 1 heterocycles. The number of rotatable bonds is 7. The van der Waals surface area contributed by atoms with Gasteiger partial charge in [0.25, 0.3) is 0 Å². The monoisotopic (exact) mass is 284 g/mol. The average Bonchev–Trinajstić information content (AvgIpc) is 2.60. The van der Waals surface area contributed by atoms with Gasteiger partial charge in [0.05, 0.1) is 6.61 Å². The third-order valence-electron chi connectivity index (χ3n) is 1.98. The van der Waals surface area contributed by atoms with Crippen molar-refractivity contribution in [1.29, 1.82) is 0 Å². The highest BCUT2D eigenvalue weighted by Gasteiger charge is 2.27. The number of ether oxygens (including phenoxy) is 1. The summed E-state index contributed by atoms with van der Waals surface area (Å²) in [4.78, 5) is 0. The average molecular weight is 284 g/mol. The van der Waals surface area contributed by atoms with E-state index in [1.54, 1.807) is 6.92 Å². The molecule has 0 aliphatic rings. The number of hydrogen-bond donors (Lipinski definition) is 1. The van der Waals surface area contributed by atoms with Crippen LogP contribution in [0.25, 0.3) is 0 Å². The maximum Gasteiger partial charge on any atom is 0.411 e. The fourth-order valence-corrected chi connectivity index (χ4v) is 2.10. The summed E-state index contributed by atoms with van der Waals surface area (Å²) in [6, 6.07) is 0. The highest BCUT2D eigenvalue weighted by molar-refractivity contribution is 7.99. The largest absolute Gasteiger partial charge is 0.411 e. The van der Waals surface area contributed by atoms with Gasteiger partial charge >= 0.3 is 6.18 Å². The summed E-state index contributed by atoms with van der Waals surface area (Å²) >= 11 is 1.30. The number of aromatic nitrogens is 3. The first-order chi connectivity index (χ1) is 8.44. The number of alkyl halides is 3. The molecule has 0 aliphatic carbocycles. The summed E-state index contributed by atoms with van der Waals surface area (Å²) in [5.74, 6) is 1.12. The first kappa shape index (κ1) is 15.3. The third kappa shape index (κ3) is 5.23. The fourth-order valence-electron chi connectivity index (χ4n) is 1.23. The van der Waals surface area contributed by atoms with Crippen LogP contribution in [-0.2, 0) is 11.3 Å². The van der Waals surface area contributed by atoms with Crippen LogP contribution in [0.15, 0.2) is 5.16 Å². The maximum atomic E-state index is 11.8. The maximum absolute atomic E-state index is 11.8. The number of halogens is 3. The SMILES string of the molecule is Cc1nnc(SCCOCC(F)(F)F)n1CCN. The number of thioether (sulfide) groups is 1. The Hall–Kier alpha value is -0.800. The molecule has 5 nitrogen and oxygen atoms in total. The summed E-state index contributed by atoms with van der Waals surface area (Å²) in [7, 11) is 0. The molecule has 0 saturated carbocycles. The quantitative estimate of drug-likeness (QED) is 0.602. The molecular formula is C9H15F3N4OS. The Morgan fingerprint density at radius 1 is 1.39 bits per heavy atom.